The molecule has 0 aliphatic heterocycles. The minimum absolute atomic E-state index is 0.0353. The molecule has 3 nitrogen and oxygen atoms in total. The van der Waals surface area contributed by atoms with Crippen molar-refractivity contribution < 1.29 is 14.0 Å². The van der Waals surface area contributed by atoms with Gasteiger partial charge in [-0.15, -0.1) is 0 Å². The van der Waals surface area contributed by atoms with Gasteiger partial charge >= 0.3 is 7.60 Å². The highest BCUT2D eigenvalue weighted by atomic mass is 31.2. The summed E-state index contributed by atoms with van der Waals surface area (Å²) in [6.07, 6.45) is 2.12. The molecule has 13 heavy (non-hydrogen) atoms. The molecule has 0 aliphatic rings. The maximum atomic E-state index is 11.2. The molecule has 0 saturated heterocycles. The van der Waals surface area contributed by atoms with E-state index in [1.54, 1.807) is 6.92 Å². The lowest BCUT2D eigenvalue weighted by molar-refractivity contribution is 0.137. The molecule has 1 atom stereocenters. The van der Waals surface area contributed by atoms with Gasteiger partial charge in [-0.1, -0.05) is 27.7 Å². The Morgan fingerprint density at radius 3 is 2.08 bits per heavy atom. The van der Waals surface area contributed by atoms with Crippen LogP contribution < -0.4 is 0 Å². The first-order valence-corrected chi connectivity index (χ1v) is 6.61. The van der Waals surface area contributed by atoms with E-state index in [4.69, 9.17) is 4.52 Å². The van der Waals surface area contributed by atoms with Crippen LogP contribution in [0, 0.1) is 5.41 Å². The fourth-order valence-electron chi connectivity index (χ4n) is 0.802. The van der Waals surface area contributed by atoms with Crippen LogP contribution in [0.25, 0.3) is 0 Å². The van der Waals surface area contributed by atoms with Crippen LogP contribution in [0.1, 0.15) is 40.5 Å². The molecule has 80 valence electrons. The van der Waals surface area contributed by atoms with Crippen molar-refractivity contribution in [3.63, 3.8) is 0 Å². The molecule has 0 rings (SSSR count). The predicted octanol–water partition coefficient (Wildman–Crippen LogP) is 3.03. The first-order chi connectivity index (χ1) is 5.89. The zero-order chi connectivity index (χ0) is 10.5. The van der Waals surface area contributed by atoms with Gasteiger partial charge in [0.15, 0.2) is 0 Å². The third-order valence-corrected chi connectivity index (χ3v) is 4.05. The summed E-state index contributed by atoms with van der Waals surface area (Å²) in [6.45, 7) is 8.25. The molecular weight excluding hydrogens is 187 g/mol. The molecule has 0 aromatic carbocycles. The molecular formula is C9H21O3P. The quantitative estimate of drug-likeness (QED) is 0.682. The summed E-state index contributed by atoms with van der Waals surface area (Å²) in [7, 11) is -3.30. The summed E-state index contributed by atoms with van der Waals surface area (Å²) in [5.41, 5.74) is 0.0353. The summed E-state index contributed by atoms with van der Waals surface area (Å²) in [5.74, 6) is 0. The van der Waals surface area contributed by atoms with Gasteiger partial charge in [0, 0.05) is 6.16 Å². The Balaban J connectivity index is 4.07. The van der Waals surface area contributed by atoms with Gasteiger partial charge in [0.25, 0.3) is 0 Å². The highest BCUT2D eigenvalue weighted by Gasteiger charge is 2.25. The SMILES string of the molecule is CCC(C)(CC)COP(=O)(O)CC. The first kappa shape index (κ1) is 13.2. The molecule has 0 saturated carbocycles. The second kappa shape index (κ2) is 5.14. The molecule has 0 radical (unpaired) electrons. The molecule has 1 unspecified atom stereocenters. The van der Waals surface area contributed by atoms with E-state index < -0.39 is 7.60 Å². The van der Waals surface area contributed by atoms with Gasteiger partial charge in [-0.25, -0.2) is 0 Å². The standard InChI is InChI=1S/C9H21O3P/c1-5-9(4,6-2)8-12-13(10,11)7-3/h5-8H2,1-4H3,(H,10,11). The Kier molecular flexibility index (Phi) is 5.19. The fourth-order valence-corrected chi connectivity index (χ4v) is 1.50. The average Bonchev–Trinajstić information content (AvgIpc) is 2.14. The van der Waals surface area contributed by atoms with Gasteiger partial charge in [-0.2, -0.15) is 0 Å². The smallest absolute Gasteiger partial charge is 0.324 e. The number of hydrogen-bond donors (Lipinski definition) is 1. The largest absolute Gasteiger partial charge is 0.327 e. The Morgan fingerprint density at radius 1 is 1.31 bits per heavy atom. The van der Waals surface area contributed by atoms with Crippen molar-refractivity contribution in [3.05, 3.63) is 0 Å². The van der Waals surface area contributed by atoms with Crippen LogP contribution in [0.2, 0.25) is 0 Å². The van der Waals surface area contributed by atoms with Gasteiger partial charge in [0.1, 0.15) is 0 Å². The van der Waals surface area contributed by atoms with Gasteiger partial charge in [0.2, 0.25) is 0 Å². The van der Waals surface area contributed by atoms with E-state index in [0.29, 0.717) is 6.61 Å². The van der Waals surface area contributed by atoms with Crippen LogP contribution in [0.5, 0.6) is 0 Å². The second-order valence-electron chi connectivity index (χ2n) is 3.74. The number of rotatable bonds is 6. The lowest BCUT2D eigenvalue weighted by atomic mass is 9.86. The Hall–Kier alpha value is 0.150. The van der Waals surface area contributed by atoms with Crippen molar-refractivity contribution in [2.24, 2.45) is 5.41 Å². The van der Waals surface area contributed by atoms with Gasteiger partial charge in [-0.3, -0.25) is 4.57 Å². The predicted molar refractivity (Wildman–Crippen MR) is 55.0 cm³/mol. The summed E-state index contributed by atoms with van der Waals surface area (Å²) in [6, 6.07) is 0. The minimum atomic E-state index is -3.30. The van der Waals surface area contributed by atoms with Crippen molar-refractivity contribution in [1.82, 2.24) is 0 Å². The maximum Gasteiger partial charge on any atom is 0.327 e. The van der Waals surface area contributed by atoms with E-state index >= 15 is 0 Å². The first-order valence-electron chi connectivity index (χ1n) is 4.85. The summed E-state index contributed by atoms with van der Waals surface area (Å²) in [5, 5.41) is 0. The van der Waals surface area contributed by atoms with Crippen molar-refractivity contribution in [2.75, 3.05) is 12.8 Å². The molecule has 0 aromatic rings. The van der Waals surface area contributed by atoms with E-state index in [0.717, 1.165) is 12.8 Å². The minimum Gasteiger partial charge on any atom is -0.324 e. The van der Waals surface area contributed by atoms with Crippen molar-refractivity contribution in [2.45, 2.75) is 40.5 Å². The van der Waals surface area contributed by atoms with E-state index in [1.165, 1.54) is 0 Å². The molecule has 0 aromatic heterocycles. The molecule has 0 heterocycles. The maximum absolute atomic E-state index is 11.2. The highest BCUT2D eigenvalue weighted by molar-refractivity contribution is 7.52. The second-order valence-corrected chi connectivity index (χ2v) is 5.91. The summed E-state index contributed by atoms with van der Waals surface area (Å²) >= 11 is 0. The molecule has 0 fully saturated rings. The highest BCUT2D eigenvalue weighted by Crippen LogP contribution is 2.43. The molecule has 0 bridgehead atoms. The molecule has 1 N–H and O–H groups in total. The zero-order valence-corrected chi connectivity index (χ0v) is 9.93. The van der Waals surface area contributed by atoms with Crippen LogP contribution in [0.15, 0.2) is 0 Å². The molecule has 0 aliphatic carbocycles. The van der Waals surface area contributed by atoms with Gasteiger partial charge in [-0.05, 0) is 18.3 Å². The van der Waals surface area contributed by atoms with Crippen LogP contribution in [0.4, 0.5) is 0 Å². The van der Waals surface area contributed by atoms with E-state index in [-0.39, 0.29) is 11.6 Å². The lowest BCUT2D eigenvalue weighted by Gasteiger charge is -2.27. The Bertz CT molecular complexity index is 187. The van der Waals surface area contributed by atoms with E-state index in [9.17, 15) is 9.46 Å². The Labute approximate surface area is 81.0 Å². The van der Waals surface area contributed by atoms with E-state index in [1.807, 2.05) is 0 Å². The summed E-state index contributed by atoms with van der Waals surface area (Å²) < 4.78 is 16.2. The van der Waals surface area contributed by atoms with Crippen LogP contribution in [-0.2, 0) is 9.09 Å². The van der Waals surface area contributed by atoms with Crippen molar-refractivity contribution in [3.8, 4) is 0 Å². The van der Waals surface area contributed by atoms with Crippen LogP contribution >= 0.6 is 7.60 Å². The molecule has 0 spiro atoms. The lowest BCUT2D eigenvalue weighted by Crippen LogP contribution is -2.20. The Morgan fingerprint density at radius 2 is 1.77 bits per heavy atom. The van der Waals surface area contributed by atoms with Crippen LogP contribution in [-0.4, -0.2) is 17.7 Å². The fraction of sp³-hybridized carbons (Fsp3) is 1.00. The monoisotopic (exact) mass is 208 g/mol. The third-order valence-electron chi connectivity index (χ3n) is 2.72. The van der Waals surface area contributed by atoms with Gasteiger partial charge < -0.3 is 9.42 Å². The van der Waals surface area contributed by atoms with Gasteiger partial charge in [0.05, 0.1) is 6.61 Å². The van der Waals surface area contributed by atoms with E-state index in [2.05, 4.69) is 20.8 Å². The summed E-state index contributed by atoms with van der Waals surface area (Å²) in [4.78, 5) is 9.21. The average molecular weight is 208 g/mol. The van der Waals surface area contributed by atoms with Crippen molar-refractivity contribution in [1.29, 1.82) is 0 Å². The third kappa shape index (κ3) is 4.80. The topological polar surface area (TPSA) is 46.5 Å². The van der Waals surface area contributed by atoms with Crippen molar-refractivity contribution >= 4 is 7.60 Å². The normalized spacial score (nSPS) is 17.0. The number of hydrogen-bond acceptors (Lipinski definition) is 2. The molecule has 4 heteroatoms. The van der Waals surface area contributed by atoms with Crippen LogP contribution in [0.3, 0.4) is 0 Å². The molecule has 0 amide bonds. The zero-order valence-electron chi connectivity index (χ0n) is 9.04.